The van der Waals surface area contributed by atoms with E-state index in [4.69, 9.17) is 0 Å². The van der Waals surface area contributed by atoms with Crippen LogP contribution in [0.2, 0.25) is 0 Å². The summed E-state index contributed by atoms with van der Waals surface area (Å²) in [5.41, 5.74) is 1.26. The fraction of sp³-hybridized carbons (Fsp3) is 0.300. The van der Waals surface area contributed by atoms with Crippen molar-refractivity contribution in [2.45, 2.75) is 18.2 Å². The van der Waals surface area contributed by atoms with E-state index in [0.29, 0.717) is 0 Å². The SMILES string of the molecule is CCc1ccc(SCC(=O)[O-])cc1.[Na+]. The molecule has 0 bridgehead atoms. The summed E-state index contributed by atoms with van der Waals surface area (Å²) in [6.45, 7) is 2.09. The molecule has 4 heteroatoms. The smallest absolute Gasteiger partial charge is 0.549 e. The van der Waals surface area contributed by atoms with Gasteiger partial charge in [-0.15, -0.1) is 11.8 Å². The molecule has 0 aromatic heterocycles. The van der Waals surface area contributed by atoms with Gasteiger partial charge in [0.25, 0.3) is 0 Å². The normalized spacial score (nSPS) is 9.21. The van der Waals surface area contributed by atoms with Crippen LogP contribution in [0.4, 0.5) is 0 Å². The second-order valence-corrected chi connectivity index (χ2v) is 3.71. The van der Waals surface area contributed by atoms with Crippen molar-refractivity contribution in [1.29, 1.82) is 0 Å². The van der Waals surface area contributed by atoms with Crippen LogP contribution < -0.4 is 34.7 Å². The van der Waals surface area contributed by atoms with Gasteiger partial charge in [0.15, 0.2) is 0 Å². The Morgan fingerprint density at radius 2 is 1.93 bits per heavy atom. The van der Waals surface area contributed by atoms with Crippen LogP contribution in [0.25, 0.3) is 0 Å². The summed E-state index contributed by atoms with van der Waals surface area (Å²) in [5.74, 6) is -1.00. The van der Waals surface area contributed by atoms with Crippen molar-refractivity contribution < 1.29 is 39.5 Å². The summed E-state index contributed by atoms with van der Waals surface area (Å²) in [4.78, 5) is 11.1. The van der Waals surface area contributed by atoms with Crippen molar-refractivity contribution in [3.63, 3.8) is 0 Å². The van der Waals surface area contributed by atoms with Crippen LogP contribution in [0.15, 0.2) is 29.2 Å². The van der Waals surface area contributed by atoms with E-state index in [1.54, 1.807) is 0 Å². The quantitative estimate of drug-likeness (QED) is 0.437. The second-order valence-electron chi connectivity index (χ2n) is 2.66. The zero-order valence-electron chi connectivity index (χ0n) is 8.45. The average molecular weight is 218 g/mol. The fourth-order valence-electron chi connectivity index (χ4n) is 0.964. The largest absolute Gasteiger partial charge is 1.00 e. The van der Waals surface area contributed by atoms with Crippen LogP contribution in [0, 0.1) is 0 Å². The molecule has 1 aromatic rings. The van der Waals surface area contributed by atoms with Gasteiger partial charge in [0.05, 0.1) is 5.97 Å². The molecule has 0 radical (unpaired) electrons. The van der Waals surface area contributed by atoms with Crippen LogP contribution in [-0.4, -0.2) is 11.7 Å². The third-order valence-electron chi connectivity index (χ3n) is 1.69. The fourth-order valence-corrected chi connectivity index (χ4v) is 1.58. The third-order valence-corrected chi connectivity index (χ3v) is 2.67. The maximum atomic E-state index is 10.2. The maximum Gasteiger partial charge on any atom is 1.00 e. The minimum atomic E-state index is -1.02. The van der Waals surface area contributed by atoms with Crippen molar-refractivity contribution in [3.05, 3.63) is 29.8 Å². The summed E-state index contributed by atoms with van der Waals surface area (Å²) in [5, 5.41) is 10.2. The number of carbonyl (C=O) groups excluding carboxylic acids is 1. The zero-order chi connectivity index (χ0) is 9.68. The Labute approximate surface area is 110 Å². The zero-order valence-corrected chi connectivity index (χ0v) is 11.3. The number of aryl methyl sites for hydroxylation is 1. The van der Waals surface area contributed by atoms with Gasteiger partial charge in [0.1, 0.15) is 0 Å². The average Bonchev–Trinajstić information content (AvgIpc) is 2.15. The second kappa shape index (κ2) is 7.35. The van der Waals surface area contributed by atoms with Crippen LogP contribution in [0.5, 0.6) is 0 Å². The molecule has 0 unspecified atom stereocenters. The summed E-state index contributed by atoms with van der Waals surface area (Å²) in [6, 6.07) is 7.90. The van der Waals surface area contributed by atoms with E-state index in [1.165, 1.54) is 17.3 Å². The first kappa shape index (κ1) is 14.0. The van der Waals surface area contributed by atoms with Gasteiger partial charge in [-0.1, -0.05) is 19.1 Å². The van der Waals surface area contributed by atoms with Crippen LogP contribution >= 0.6 is 11.8 Å². The molecule has 0 aliphatic rings. The van der Waals surface area contributed by atoms with Crippen LogP contribution in [0.1, 0.15) is 12.5 Å². The molecule has 0 fully saturated rings. The minimum absolute atomic E-state index is 0. The Kier molecular flexibility index (Phi) is 7.37. The van der Waals surface area contributed by atoms with E-state index in [-0.39, 0.29) is 35.3 Å². The monoisotopic (exact) mass is 218 g/mol. The van der Waals surface area contributed by atoms with E-state index in [9.17, 15) is 9.90 Å². The van der Waals surface area contributed by atoms with Gasteiger partial charge in [-0.3, -0.25) is 0 Å². The van der Waals surface area contributed by atoms with Crippen LogP contribution in [0.3, 0.4) is 0 Å². The first-order valence-electron chi connectivity index (χ1n) is 4.14. The number of aliphatic carboxylic acids is 1. The molecular formula is C10H11NaO2S. The van der Waals surface area contributed by atoms with Gasteiger partial charge < -0.3 is 9.90 Å². The molecule has 0 saturated carbocycles. The number of rotatable bonds is 4. The van der Waals surface area contributed by atoms with Crippen molar-refractivity contribution in [3.8, 4) is 0 Å². The Balaban J connectivity index is 0.00000169. The molecule has 70 valence electrons. The van der Waals surface area contributed by atoms with Crippen molar-refractivity contribution in [2.24, 2.45) is 0 Å². The number of hydrogen-bond donors (Lipinski definition) is 0. The van der Waals surface area contributed by atoms with Gasteiger partial charge in [0, 0.05) is 10.6 Å². The Hall–Kier alpha value is 0.0400. The van der Waals surface area contributed by atoms with Crippen molar-refractivity contribution >= 4 is 17.7 Å². The van der Waals surface area contributed by atoms with E-state index in [1.807, 2.05) is 24.3 Å². The standard InChI is InChI=1S/C10H12O2S.Na/c1-2-8-3-5-9(6-4-8)13-7-10(11)12;/h3-6H,2,7H2,1H3,(H,11,12);/q;+1/p-1. The first-order chi connectivity index (χ1) is 6.22. The summed E-state index contributed by atoms with van der Waals surface area (Å²) >= 11 is 1.29. The topological polar surface area (TPSA) is 40.1 Å². The van der Waals surface area contributed by atoms with Crippen molar-refractivity contribution in [1.82, 2.24) is 0 Å². The number of benzene rings is 1. The van der Waals surface area contributed by atoms with E-state index in [0.717, 1.165) is 11.3 Å². The Morgan fingerprint density at radius 3 is 2.36 bits per heavy atom. The predicted molar refractivity (Wildman–Crippen MR) is 51.6 cm³/mol. The number of carboxylic acids is 1. The van der Waals surface area contributed by atoms with E-state index < -0.39 is 5.97 Å². The molecule has 0 atom stereocenters. The van der Waals surface area contributed by atoms with Gasteiger partial charge in [0.2, 0.25) is 0 Å². The van der Waals surface area contributed by atoms with Crippen LogP contribution in [-0.2, 0) is 11.2 Å². The molecule has 2 nitrogen and oxygen atoms in total. The summed E-state index contributed by atoms with van der Waals surface area (Å²) in [7, 11) is 0. The van der Waals surface area contributed by atoms with E-state index >= 15 is 0 Å². The summed E-state index contributed by atoms with van der Waals surface area (Å²) in [6.07, 6.45) is 1.01. The number of hydrogen-bond acceptors (Lipinski definition) is 3. The molecule has 0 amide bonds. The van der Waals surface area contributed by atoms with E-state index in [2.05, 4.69) is 6.92 Å². The third kappa shape index (κ3) is 5.05. The molecule has 0 aliphatic carbocycles. The minimum Gasteiger partial charge on any atom is -0.549 e. The first-order valence-corrected chi connectivity index (χ1v) is 5.12. The molecule has 1 aromatic carbocycles. The molecule has 14 heavy (non-hydrogen) atoms. The van der Waals surface area contributed by atoms with Gasteiger partial charge >= 0.3 is 29.6 Å². The molecule has 0 spiro atoms. The molecule has 1 rings (SSSR count). The van der Waals surface area contributed by atoms with Gasteiger partial charge in [-0.05, 0) is 24.1 Å². The van der Waals surface area contributed by atoms with Crippen molar-refractivity contribution in [2.75, 3.05) is 5.75 Å². The molecule has 0 saturated heterocycles. The van der Waals surface area contributed by atoms with Gasteiger partial charge in [-0.2, -0.15) is 0 Å². The predicted octanol–water partition coefficient (Wildman–Crippen LogP) is -1.90. The molecule has 0 N–H and O–H groups in total. The summed E-state index contributed by atoms with van der Waals surface area (Å²) < 4.78 is 0. The molecule has 0 aliphatic heterocycles. The Morgan fingerprint density at radius 1 is 1.36 bits per heavy atom. The number of carbonyl (C=O) groups is 1. The molecular weight excluding hydrogens is 207 g/mol. The van der Waals surface area contributed by atoms with Gasteiger partial charge in [-0.25, -0.2) is 0 Å². The Bertz CT molecular complexity index is 285. The number of carboxylic acid groups (broad SMARTS) is 1. The maximum absolute atomic E-state index is 10.2. The molecule has 0 heterocycles. The number of thioether (sulfide) groups is 1.